The van der Waals surface area contributed by atoms with Crippen LogP contribution in [0, 0.1) is 10.1 Å². The minimum absolute atomic E-state index is 0.0682. The normalized spacial score (nSPS) is 16.4. The largest absolute Gasteiger partial charge is 0.376 e. The van der Waals surface area contributed by atoms with Crippen molar-refractivity contribution in [3.8, 4) is 0 Å². The van der Waals surface area contributed by atoms with Crippen LogP contribution in [-0.2, 0) is 4.74 Å². The molecule has 1 atom stereocenters. The molecule has 9 heteroatoms. The van der Waals surface area contributed by atoms with E-state index < -0.39 is 4.92 Å². The third-order valence-electron chi connectivity index (χ3n) is 4.56. The second kappa shape index (κ2) is 7.94. The van der Waals surface area contributed by atoms with Crippen LogP contribution >= 0.6 is 27.3 Å². The van der Waals surface area contributed by atoms with E-state index in [4.69, 9.17) is 4.74 Å². The summed E-state index contributed by atoms with van der Waals surface area (Å²) in [5.74, 6) is -0.329. The molecule has 0 N–H and O–H groups in total. The van der Waals surface area contributed by atoms with Crippen LogP contribution in [0.3, 0.4) is 0 Å². The summed E-state index contributed by atoms with van der Waals surface area (Å²) in [4.78, 5) is 30.2. The number of rotatable bonds is 5. The van der Waals surface area contributed by atoms with Crippen LogP contribution < -0.4 is 4.90 Å². The molecule has 4 rings (SSSR count). The lowest BCUT2D eigenvalue weighted by Crippen LogP contribution is -2.37. The van der Waals surface area contributed by atoms with Gasteiger partial charge in [-0.05, 0) is 53.0 Å². The number of hydrogen-bond donors (Lipinski definition) is 0. The first-order valence-corrected chi connectivity index (χ1v) is 10.4. The molecule has 3 aromatic rings. The van der Waals surface area contributed by atoms with Crippen molar-refractivity contribution < 1.29 is 14.5 Å². The lowest BCUT2D eigenvalue weighted by atomic mass is 10.1. The highest BCUT2D eigenvalue weighted by atomic mass is 79.9. The standard InChI is InChI=1S/C19H16BrN3O4S/c20-14-8-7-12(10-16(14)23(25)26)18(24)22(11-13-4-3-9-27-13)19-21-15-5-1-2-6-17(15)28-19/h1-2,5-8,10,13H,3-4,9,11H2. The van der Waals surface area contributed by atoms with Gasteiger partial charge in [0.25, 0.3) is 11.6 Å². The Bertz CT molecular complexity index is 1020. The Kier molecular flexibility index (Phi) is 5.38. The van der Waals surface area contributed by atoms with Crippen molar-refractivity contribution in [2.45, 2.75) is 18.9 Å². The Morgan fingerprint density at radius 1 is 1.36 bits per heavy atom. The summed E-state index contributed by atoms with van der Waals surface area (Å²) in [5.41, 5.74) is 0.911. The highest BCUT2D eigenvalue weighted by molar-refractivity contribution is 9.10. The van der Waals surface area contributed by atoms with Crippen molar-refractivity contribution in [3.63, 3.8) is 0 Å². The van der Waals surface area contributed by atoms with E-state index in [0.29, 0.717) is 22.8 Å². The van der Waals surface area contributed by atoms with Gasteiger partial charge in [-0.15, -0.1) is 0 Å². The second-order valence-electron chi connectivity index (χ2n) is 6.44. The molecule has 1 unspecified atom stereocenters. The Labute approximate surface area is 173 Å². The maximum Gasteiger partial charge on any atom is 0.284 e. The molecular formula is C19H16BrN3O4S. The number of halogens is 1. The number of fused-ring (bicyclic) bond motifs is 1. The van der Waals surface area contributed by atoms with Crippen molar-refractivity contribution in [2.75, 3.05) is 18.1 Å². The van der Waals surface area contributed by atoms with Gasteiger partial charge in [0, 0.05) is 18.2 Å². The number of carbonyl (C=O) groups is 1. The zero-order chi connectivity index (χ0) is 19.7. The SMILES string of the molecule is O=C(c1ccc(Br)c([N+](=O)[O-])c1)N(CC1CCCO1)c1nc2ccccc2s1. The van der Waals surface area contributed by atoms with E-state index in [2.05, 4.69) is 20.9 Å². The fourth-order valence-electron chi connectivity index (χ4n) is 3.16. The van der Waals surface area contributed by atoms with Gasteiger partial charge in [-0.1, -0.05) is 23.5 Å². The molecule has 1 aliphatic heterocycles. The zero-order valence-electron chi connectivity index (χ0n) is 14.7. The Hall–Kier alpha value is -2.36. The number of thiazole rings is 1. The van der Waals surface area contributed by atoms with E-state index >= 15 is 0 Å². The number of nitrogens with zero attached hydrogens (tertiary/aromatic N) is 3. The maximum absolute atomic E-state index is 13.3. The quantitative estimate of drug-likeness (QED) is 0.402. The van der Waals surface area contributed by atoms with E-state index in [1.807, 2.05) is 24.3 Å². The number of hydrogen-bond acceptors (Lipinski definition) is 6. The first-order chi connectivity index (χ1) is 13.5. The van der Waals surface area contributed by atoms with E-state index in [1.165, 1.54) is 23.5 Å². The van der Waals surface area contributed by atoms with Crippen molar-refractivity contribution in [2.24, 2.45) is 0 Å². The highest BCUT2D eigenvalue weighted by Crippen LogP contribution is 2.32. The third kappa shape index (κ3) is 3.78. The van der Waals surface area contributed by atoms with Gasteiger partial charge in [-0.25, -0.2) is 4.98 Å². The van der Waals surface area contributed by atoms with Crippen LogP contribution in [0.15, 0.2) is 46.9 Å². The third-order valence-corrected chi connectivity index (χ3v) is 6.29. The minimum atomic E-state index is -0.511. The molecular weight excluding hydrogens is 446 g/mol. The average molecular weight is 462 g/mol. The van der Waals surface area contributed by atoms with Gasteiger partial charge in [0.05, 0.1) is 32.3 Å². The number of nitro benzene ring substituents is 1. The molecule has 1 aromatic heterocycles. The number of amides is 1. The summed E-state index contributed by atoms with van der Waals surface area (Å²) in [5, 5.41) is 11.8. The molecule has 7 nitrogen and oxygen atoms in total. The lowest BCUT2D eigenvalue weighted by Gasteiger charge is -2.23. The van der Waals surface area contributed by atoms with Crippen LogP contribution in [-0.4, -0.2) is 35.1 Å². The predicted octanol–water partition coefficient (Wildman–Crippen LogP) is 4.79. The maximum atomic E-state index is 13.3. The monoisotopic (exact) mass is 461 g/mol. The highest BCUT2D eigenvalue weighted by Gasteiger charge is 2.28. The van der Waals surface area contributed by atoms with Gasteiger partial charge in [0.1, 0.15) is 0 Å². The molecule has 1 saturated heterocycles. The molecule has 0 bridgehead atoms. The van der Waals surface area contributed by atoms with E-state index in [1.54, 1.807) is 11.0 Å². The Morgan fingerprint density at radius 3 is 2.89 bits per heavy atom. The van der Waals surface area contributed by atoms with Gasteiger partial charge in [-0.2, -0.15) is 0 Å². The van der Waals surface area contributed by atoms with Gasteiger partial charge >= 0.3 is 0 Å². The van der Waals surface area contributed by atoms with Crippen LogP contribution in [0.1, 0.15) is 23.2 Å². The predicted molar refractivity (Wildman–Crippen MR) is 111 cm³/mol. The molecule has 0 radical (unpaired) electrons. The zero-order valence-corrected chi connectivity index (χ0v) is 17.1. The van der Waals surface area contributed by atoms with Crippen LogP contribution in [0.2, 0.25) is 0 Å². The summed E-state index contributed by atoms with van der Waals surface area (Å²) in [6.07, 6.45) is 1.76. The molecule has 0 spiro atoms. The molecule has 0 saturated carbocycles. The number of benzene rings is 2. The molecule has 0 aliphatic carbocycles. The number of ether oxygens (including phenoxy) is 1. The Balaban J connectivity index is 1.73. The van der Waals surface area contributed by atoms with Crippen molar-refractivity contribution >= 4 is 54.2 Å². The topological polar surface area (TPSA) is 85.6 Å². The fourth-order valence-corrected chi connectivity index (χ4v) is 4.52. The second-order valence-corrected chi connectivity index (χ2v) is 8.30. The van der Waals surface area contributed by atoms with E-state index in [-0.39, 0.29) is 23.3 Å². The van der Waals surface area contributed by atoms with Gasteiger partial charge in [0.15, 0.2) is 5.13 Å². The summed E-state index contributed by atoms with van der Waals surface area (Å²) >= 11 is 4.58. The molecule has 2 heterocycles. The molecule has 144 valence electrons. The van der Waals surface area contributed by atoms with Gasteiger partial charge in [-0.3, -0.25) is 19.8 Å². The van der Waals surface area contributed by atoms with Crippen LogP contribution in [0.25, 0.3) is 10.2 Å². The van der Waals surface area contributed by atoms with Crippen molar-refractivity contribution in [1.29, 1.82) is 0 Å². The lowest BCUT2D eigenvalue weighted by molar-refractivity contribution is -0.385. The van der Waals surface area contributed by atoms with Crippen LogP contribution in [0.5, 0.6) is 0 Å². The Morgan fingerprint density at radius 2 is 2.18 bits per heavy atom. The number of aromatic nitrogens is 1. The number of anilines is 1. The average Bonchev–Trinajstić information content (AvgIpc) is 3.35. The van der Waals surface area contributed by atoms with Crippen LogP contribution in [0.4, 0.5) is 10.8 Å². The molecule has 28 heavy (non-hydrogen) atoms. The smallest absolute Gasteiger partial charge is 0.284 e. The molecule has 1 amide bonds. The first-order valence-electron chi connectivity index (χ1n) is 8.76. The number of nitro groups is 1. The molecule has 1 aliphatic rings. The fraction of sp³-hybridized carbons (Fsp3) is 0.263. The number of carbonyl (C=O) groups excluding carboxylic acids is 1. The minimum Gasteiger partial charge on any atom is -0.376 e. The summed E-state index contributed by atoms with van der Waals surface area (Å²) < 4.78 is 7.02. The first kappa shape index (κ1) is 19.0. The van der Waals surface area contributed by atoms with E-state index in [0.717, 1.165) is 23.1 Å². The van der Waals surface area contributed by atoms with E-state index in [9.17, 15) is 14.9 Å². The van der Waals surface area contributed by atoms with Crippen molar-refractivity contribution in [3.05, 3.63) is 62.6 Å². The number of para-hydroxylation sites is 1. The molecule has 2 aromatic carbocycles. The van der Waals surface area contributed by atoms with Gasteiger partial charge in [0.2, 0.25) is 0 Å². The summed E-state index contributed by atoms with van der Waals surface area (Å²) in [6, 6.07) is 12.1. The summed E-state index contributed by atoms with van der Waals surface area (Å²) in [6.45, 7) is 1.04. The summed E-state index contributed by atoms with van der Waals surface area (Å²) in [7, 11) is 0. The van der Waals surface area contributed by atoms with Gasteiger partial charge < -0.3 is 4.74 Å². The van der Waals surface area contributed by atoms with Crippen molar-refractivity contribution in [1.82, 2.24) is 4.98 Å². The molecule has 1 fully saturated rings.